The van der Waals surface area contributed by atoms with Gasteiger partial charge in [-0.3, -0.25) is 4.79 Å². The molecule has 0 aliphatic carbocycles. The fourth-order valence-electron chi connectivity index (χ4n) is 3.19. The molecule has 1 aromatic carbocycles. The van der Waals surface area contributed by atoms with Gasteiger partial charge in [-0.15, -0.1) is 11.3 Å². The molecule has 3 heterocycles. The third-order valence-corrected chi connectivity index (χ3v) is 6.49. The lowest BCUT2D eigenvalue weighted by atomic mass is 10.0. The summed E-state index contributed by atoms with van der Waals surface area (Å²) < 4.78 is 19.7. The number of carbonyl (C=O) groups is 2. The minimum Gasteiger partial charge on any atom is -0.450 e. The van der Waals surface area contributed by atoms with Crippen molar-refractivity contribution in [1.29, 1.82) is 0 Å². The summed E-state index contributed by atoms with van der Waals surface area (Å²) in [5, 5.41) is 4.15. The van der Waals surface area contributed by atoms with E-state index >= 15 is 0 Å². The van der Waals surface area contributed by atoms with E-state index in [1.807, 2.05) is 0 Å². The fourth-order valence-corrected chi connectivity index (χ4v) is 5.41. The Labute approximate surface area is 167 Å². The first-order valence-electron chi connectivity index (χ1n) is 8.66. The Bertz CT molecular complexity index is 1080. The Morgan fingerprint density at radius 2 is 2.21 bits per heavy atom. The predicted molar refractivity (Wildman–Crippen MR) is 107 cm³/mol. The number of carbonyl (C=O) groups excluding carboxylic acids is 2. The van der Waals surface area contributed by atoms with Crippen molar-refractivity contribution in [2.75, 3.05) is 18.5 Å². The first kappa shape index (κ1) is 18.6. The Balaban J connectivity index is 1.67. The van der Waals surface area contributed by atoms with E-state index in [0.29, 0.717) is 46.5 Å². The second-order valence-corrected chi connectivity index (χ2v) is 8.31. The van der Waals surface area contributed by atoms with E-state index in [-0.39, 0.29) is 11.6 Å². The summed E-state index contributed by atoms with van der Waals surface area (Å²) in [4.78, 5) is 30.9. The van der Waals surface area contributed by atoms with Gasteiger partial charge in [0.05, 0.1) is 23.4 Å². The number of amides is 2. The zero-order valence-electron chi connectivity index (χ0n) is 15.0. The number of rotatable bonds is 4. The molecule has 0 spiro atoms. The van der Waals surface area contributed by atoms with Gasteiger partial charge in [-0.1, -0.05) is 17.4 Å². The summed E-state index contributed by atoms with van der Waals surface area (Å²) in [6.07, 6.45) is 0.136. The van der Waals surface area contributed by atoms with Crippen LogP contribution in [0, 0.1) is 5.82 Å². The van der Waals surface area contributed by atoms with Crippen LogP contribution in [0.3, 0.4) is 0 Å². The zero-order chi connectivity index (χ0) is 19.8. The number of hydrogen-bond donors (Lipinski definition) is 2. The molecule has 2 amide bonds. The number of nitrogens with one attached hydrogen (secondary N) is 1. The maximum absolute atomic E-state index is 13.9. The molecule has 0 atom stereocenters. The summed E-state index contributed by atoms with van der Waals surface area (Å²) >= 11 is 2.64. The summed E-state index contributed by atoms with van der Waals surface area (Å²) in [5.41, 5.74) is 7.15. The number of nitrogens with two attached hydrogens (primary N) is 1. The normalized spacial score (nSPS) is 13.4. The number of halogens is 1. The van der Waals surface area contributed by atoms with Gasteiger partial charge in [0.15, 0.2) is 5.13 Å². The van der Waals surface area contributed by atoms with E-state index in [2.05, 4.69) is 10.3 Å². The van der Waals surface area contributed by atoms with Crippen LogP contribution >= 0.6 is 22.7 Å². The van der Waals surface area contributed by atoms with Crippen LogP contribution in [0.2, 0.25) is 0 Å². The summed E-state index contributed by atoms with van der Waals surface area (Å²) in [5.74, 6) is -0.940. The monoisotopic (exact) mass is 420 g/mol. The van der Waals surface area contributed by atoms with Crippen LogP contribution < -0.4 is 11.1 Å². The SMILES string of the molecule is CCOC(=O)N1CCc2c(sc(Nc3nc4c(F)cccc4s3)c2C(N)=O)C1. The number of thiophene rings is 1. The number of para-hydroxylation sites is 1. The molecule has 0 bridgehead atoms. The molecule has 4 rings (SSSR count). The predicted octanol–water partition coefficient (Wildman–Crippen LogP) is 3.85. The molecule has 2 aromatic heterocycles. The van der Waals surface area contributed by atoms with Gasteiger partial charge < -0.3 is 20.7 Å². The topological polar surface area (TPSA) is 97.6 Å². The lowest BCUT2D eigenvalue weighted by Gasteiger charge is -2.26. The molecule has 0 fully saturated rings. The van der Waals surface area contributed by atoms with Gasteiger partial charge in [0.2, 0.25) is 0 Å². The Morgan fingerprint density at radius 3 is 2.93 bits per heavy atom. The van der Waals surface area contributed by atoms with Gasteiger partial charge in [-0.25, -0.2) is 14.2 Å². The second kappa shape index (κ2) is 7.36. The van der Waals surface area contributed by atoms with Crippen LogP contribution in [0.15, 0.2) is 18.2 Å². The third-order valence-electron chi connectivity index (χ3n) is 4.42. The van der Waals surface area contributed by atoms with Crippen LogP contribution in [0.25, 0.3) is 10.2 Å². The van der Waals surface area contributed by atoms with Crippen LogP contribution in [-0.4, -0.2) is 35.0 Å². The van der Waals surface area contributed by atoms with E-state index in [9.17, 15) is 14.0 Å². The van der Waals surface area contributed by atoms with E-state index in [1.54, 1.807) is 24.0 Å². The minimum atomic E-state index is -0.545. The second-order valence-electron chi connectivity index (χ2n) is 6.17. The van der Waals surface area contributed by atoms with Crippen LogP contribution in [0.4, 0.5) is 19.3 Å². The van der Waals surface area contributed by atoms with Crippen molar-refractivity contribution in [3.63, 3.8) is 0 Å². The molecule has 1 aliphatic heterocycles. The van der Waals surface area contributed by atoms with Gasteiger partial charge in [0, 0.05) is 11.4 Å². The Morgan fingerprint density at radius 1 is 1.39 bits per heavy atom. The fraction of sp³-hybridized carbons (Fsp3) is 0.278. The smallest absolute Gasteiger partial charge is 0.410 e. The summed E-state index contributed by atoms with van der Waals surface area (Å²) in [6, 6.07) is 4.77. The average Bonchev–Trinajstić information content (AvgIpc) is 3.22. The van der Waals surface area contributed by atoms with E-state index in [4.69, 9.17) is 10.5 Å². The van der Waals surface area contributed by atoms with Crippen LogP contribution in [0.5, 0.6) is 0 Å². The molecule has 7 nitrogen and oxygen atoms in total. The highest BCUT2D eigenvalue weighted by atomic mass is 32.1. The number of aromatic nitrogens is 1. The van der Waals surface area contributed by atoms with Crippen molar-refractivity contribution in [2.45, 2.75) is 19.9 Å². The lowest BCUT2D eigenvalue weighted by molar-refractivity contribution is 0.0997. The first-order valence-corrected chi connectivity index (χ1v) is 10.3. The van der Waals surface area contributed by atoms with Crippen LogP contribution in [-0.2, 0) is 17.7 Å². The van der Waals surface area contributed by atoms with E-state index in [1.165, 1.54) is 28.7 Å². The molecular formula is C18H17FN4O3S2. The molecule has 3 N–H and O–H groups in total. The maximum atomic E-state index is 13.9. The highest BCUT2D eigenvalue weighted by Gasteiger charge is 2.29. The molecule has 3 aromatic rings. The van der Waals surface area contributed by atoms with Crippen molar-refractivity contribution in [3.05, 3.63) is 40.0 Å². The van der Waals surface area contributed by atoms with Crippen molar-refractivity contribution in [2.24, 2.45) is 5.73 Å². The van der Waals surface area contributed by atoms with Gasteiger partial charge in [-0.2, -0.15) is 0 Å². The molecule has 0 saturated carbocycles. The van der Waals surface area contributed by atoms with Gasteiger partial charge >= 0.3 is 6.09 Å². The quantitative estimate of drug-likeness (QED) is 0.668. The first-order chi connectivity index (χ1) is 13.5. The van der Waals surface area contributed by atoms with E-state index < -0.39 is 11.7 Å². The van der Waals surface area contributed by atoms with Crippen LogP contribution in [0.1, 0.15) is 27.7 Å². The summed E-state index contributed by atoms with van der Waals surface area (Å²) in [7, 11) is 0. The van der Waals surface area contributed by atoms with Gasteiger partial charge in [0.1, 0.15) is 16.3 Å². The number of hydrogen-bond acceptors (Lipinski definition) is 7. The number of thiazole rings is 1. The molecule has 146 valence electrons. The zero-order valence-corrected chi connectivity index (χ0v) is 16.6. The van der Waals surface area contributed by atoms with Crippen molar-refractivity contribution >= 4 is 55.0 Å². The highest BCUT2D eigenvalue weighted by molar-refractivity contribution is 7.23. The minimum absolute atomic E-state index is 0.283. The van der Waals surface area contributed by atoms with Crippen molar-refractivity contribution in [3.8, 4) is 0 Å². The Hall–Kier alpha value is -2.72. The van der Waals surface area contributed by atoms with E-state index in [0.717, 1.165) is 10.4 Å². The molecule has 10 heteroatoms. The number of nitrogens with zero attached hydrogens (tertiary/aromatic N) is 2. The van der Waals surface area contributed by atoms with Gasteiger partial charge in [0.25, 0.3) is 5.91 Å². The number of ether oxygens (including phenoxy) is 1. The Kier molecular flexibility index (Phi) is 4.90. The molecule has 1 aliphatic rings. The molecule has 0 saturated heterocycles. The third kappa shape index (κ3) is 3.29. The van der Waals surface area contributed by atoms with Crippen molar-refractivity contribution < 1.29 is 18.7 Å². The standard InChI is InChI=1S/C18H17FN4O3S2/c1-2-26-18(25)23-7-6-9-12(8-23)27-16(13(9)15(20)24)22-17-21-14-10(19)4-3-5-11(14)28-17/h3-5H,2,6-8H2,1H3,(H2,20,24)(H,21,22). The summed E-state index contributed by atoms with van der Waals surface area (Å²) in [6.45, 7) is 2.87. The number of anilines is 2. The molecule has 28 heavy (non-hydrogen) atoms. The number of primary amides is 1. The molecule has 0 unspecified atom stereocenters. The van der Waals surface area contributed by atoms with Gasteiger partial charge in [-0.05, 0) is 31.0 Å². The maximum Gasteiger partial charge on any atom is 0.410 e. The lowest BCUT2D eigenvalue weighted by Crippen LogP contribution is -2.36. The highest BCUT2D eigenvalue weighted by Crippen LogP contribution is 2.40. The van der Waals surface area contributed by atoms with Crippen molar-refractivity contribution in [1.82, 2.24) is 9.88 Å². The molecular weight excluding hydrogens is 403 g/mol. The average molecular weight is 420 g/mol. The largest absolute Gasteiger partial charge is 0.450 e. The number of benzene rings is 1. The molecule has 0 radical (unpaired) electrons. The number of fused-ring (bicyclic) bond motifs is 2.